The van der Waals surface area contributed by atoms with Crippen LogP contribution in [0.25, 0.3) is 0 Å². The molecule has 0 aliphatic rings. The fraction of sp³-hybridized carbons (Fsp3) is 0.846. The van der Waals surface area contributed by atoms with Gasteiger partial charge in [-0.3, -0.25) is 0 Å². The normalized spacial score (nSPS) is 12.3. The average molecular weight is 197 g/mol. The van der Waals surface area contributed by atoms with Gasteiger partial charge in [0.15, 0.2) is 0 Å². The fourth-order valence-electron chi connectivity index (χ4n) is 1.83. The molecule has 0 radical (unpaired) electrons. The van der Waals surface area contributed by atoms with E-state index in [0.717, 1.165) is 13.0 Å². The summed E-state index contributed by atoms with van der Waals surface area (Å²) < 4.78 is 0. The monoisotopic (exact) mass is 197 g/mol. The Morgan fingerprint density at radius 3 is 1.93 bits per heavy atom. The van der Waals surface area contributed by atoms with Crippen LogP contribution in [-0.2, 0) is 0 Å². The van der Waals surface area contributed by atoms with E-state index in [1.54, 1.807) is 0 Å². The summed E-state index contributed by atoms with van der Waals surface area (Å²) in [6.07, 6.45) is 1.16. The third-order valence-corrected chi connectivity index (χ3v) is 3.64. The molecule has 0 aliphatic carbocycles. The van der Waals surface area contributed by atoms with Gasteiger partial charge in [-0.15, -0.1) is 0 Å². The number of nitrogens with one attached hydrogen (secondary N) is 1. The van der Waals surface area contributed by atoms with Crippen molar-refractivity contribution in [3.05, 3.63) is 12.3 Å². The molecule has 0 heterocycles. The van der Waals surface area contributed by atoms with Crippen LogP contribution >= 0.6 is 0 Å². The molecule has 1 nitrogen and oxygen atoms in total. The van der Waals surface area contributed by atoms with Crippen molar-refractivity contribution in [3.63, 3.8) is 0 Å². The Kier molecular flexibility index (Phi) is 5.25. The molecule has 0 saturated carbocycles. The summed E-state index contributed by atoms with van der Waals surface area (Å²) in [5.74, 6) is 1.25. The first-order valence-corrected chi connectivity index (χ1v) is 5.80. The van der Waals surface area contributed by atoms with Crippen molar-refractivity contribution >= 4 is 0 Å². The maximum Gasteiger partial charge on any atom is 0.0141 e. The minimum absolute atomic E-state index is 0.204. The highest BCUT2D eigenvalue weighted by molar-refractivity contribution is 5.09. The van der Waals surface area contributed by atoms with E-state index in [0.29, 0.717) is 11.8 Å². The van der Waals surface area contributed by atoms with Crippen LogP contribution in [0.3, 0.4) is 0 Å². The van der Waals surface area contributed by atoms with E-state index in [4.69, 9.17) is 0 Å². The third-order valence-electron chi connectivity index (χ3n) is 3.64. The van der Waals surface area contributed by atoms with Gasteiger partial charge in [0.1, 0.15) is 0 Å². The zero-order valence-electron chi connectivity index (χ0n) is 10.8. The average Bonchev–Trinajstić information content (AvgIpc) is 2.11. The highest BCUT2D eigenvalue weighted by Crippen LogP contribution is 2.40. The SMILES string of the molecule is C=C(NCCC)C(C)(C(C)C)C(C)C. The molecule has 1 N–H and O–H groups in total. The summed E-state index contributed by atoms with van der Waals surface area (Å²) >= 11 is 0. The van der Waals surface area contributed by atoms with E-state index in [1.165, 1.54) is 5.70 Å². The summed E-state index contributed by atoms with van der Waals surface area (Å²) in [5, 5.41) is 3.44. The molecule has 0 atom stereocenters. The van der Waals surface area contributed by atoms with E-state index in [2.05, 4.69) is 53.4 Å². The van der Waals surface area contributed by atoms with Crippen LogP contribution in [0.15, 0.2) is 12.3 Å². The van der Waals surface area contributed by atoms with Gasteiger partial charge in [-0.25, -0.2) is 0 Å². The summed E-state index contributed by atoms with van der Waals surface area (Å²) in [6.45, 7) is 18.8. The maximum atomic E-state index is 4.20. The van der Waals surface area contributed by atoms with Crippen LogP contribution in [0.4, 0.5) is 0 Å². The van der Waals surface area contributed by atoms with Gasteiger partial charge in [0.05, 0.1) is 0 Å². The lowest BCUT2D eigenvalue weighted by Crippen LogP contribution is -2.37. The van der Waals surface area contributed by atoms with Crippen LogP contribution in [0.1, 0.15) is 48.0 Å². The number of rotatable bonds is 6. The quantitative estimate of drug-likeness (QED) is 0.682. The number of hydrogen-bond donors (Lipinski definition) is 1. The van der Waals surface area contributed by atoms with E-state index in [1.807, 2.05) is 0 Å². The van der Waals surface area contributed by atoms with E-state index in [9.17, 15) is 0 Å². The lowest BCUT2D eigenvalue weighted by Gasteiger charge is -2.40. The Morgan fingerprint density at radius 1 is 1.21 bits per heavy atom. The van der Waals surface area contributed by atoms with E-state index in [-0.39, 0.29) is 5.41 Å². The molecule has 14 heavy (non-hydrogen) atoms. The van der Waals surface area contributed by atoms with Crippen LogP contribution in [-0.4, -0.2) is 6.54 Å². The molecule has 0 amide bonds. The van der Waals surface area contributed by atoms with Crippen molar-refractivity contribution in [2.24, 2.45) is 17.3 Å². The topological polar surface area (TPSA) is 12.0 Å². The predicted octanol–water partition coefficient (Wildman–Crippen LogP) is 3.82. The van der Waals surface area contributed by atoms with Gasteiger partial charge in [-0.1, -0.05) is 48.1 Å². The molecule has 0 aliphatic heterocycles. The molecule has 0 rings (SSSR count). The lowest BCUT2D eigenvalue weighted by molar-refractivity contribution is 0.177. The lowest BCUT2D eigenvalue weighted by atomic mass is 9.68. The maximum absolute atomic E-state index is 4.20. The zero-order valence-corrected chi connectivity index (χ0v) is 10.8. The van der Waals surface area contributed by atoms with Gasteiger partial charge >= 0.3 is 0 Å². The van der Waals surface area contributed by atoms with Gasteiger partial charge in [0.2, 0.25) is 0 Å². The molecular formula is C13H27N. The van der Waals surface area contributed by atoms with Crippen molar-refractivity contribution < 1.29 is 0 Å². The van der Waals surface area contributed by atoms with Crippen molar-refractivity contribution in [2.75, 3.05) is 6.54 Å². The van der Waals surface area contributed by atoms with Gasteiger partial charge < -0.3 is 5.32 Å². The largest absolute Gasteiger partial charge is 0.388 e. The molecule has 0 aromatic heterocycles. The molecule has 1 heteroatoms. The molecule has 0 aromatic carbocycles. The minimum atomic E-state index is 0.204. The second-order valence-corrected chi connectivity index (χ2v) is 5.00. The van der Waals surface area contributed by atoms with Crippen LogP contribution < -0.4 is 5.32 Å². The second kappa shape index (κ2) is 5.43. The molecular weight excluding hydrogens is 170 g/mol. The number of hydrogen-bond acceptors (Lipinski definition) is 1. The predicted molar refractivity (Wildman–Crippen MR) is 65.2 cm³/mol. The van der Waals surface area contributed by atoms with Crippen molar-refractivity contribution in [3.8, 4) is 0 Å². The van der Waals surface area contributed by atoms with Gasteiger partial charge in [-0.05, 0) is 18.3 Å². The molecule has 0 unspecified atom stereocenters. The first kappa shape index (κ1) is 13.5. The van der Waals surface area contributed by atoms with Crippen molar-refractivity contribution in [1.82, 2.24) is 5.32 Å². The van der Waals surface area contributed by atoms with Crippen LogP contribution in [0.5, 0.6) is 0 Å². The Balaban J connectivity index is 4.57. The molecule has 0 aromatic rings. The first-order chi connectivity index (χ1) is 6.37. The van der Waals surface area contributed by atoms with E-state index < -0.39 is 0 Å². The summed E-state index contributed by atoms with van der Waals surface area (Å²) in [5.41, 5.74) is 1.40. The fourth-order valence-corrected chi connectivity index (χ4v) is 1.83. The first-order valence-electron chi connectivity index (χ1n) is 5.80. The Labute approximate surface area is 90.0 Å². The Hall–Kier alpha value is -0.460. The molecule has 0 bridgehead atoms. The highest BCUT2D eigenvalue weighted by atomic mass is 14.9. The zero-order chi connectivity index (χ0) is 11.4. The Morgan fingerprint density at radius 2 is 1.64 bits per heavy atom. The summed E-state index contributed by atoms with van der Waals surface area (Å²) in [7, 11) is 0. The van der Waals surface area contributed by atoms with Crippen LogP contribution in [0, 0.1) is 17.3 Å². The molecule has 0 spiro atoms. The second-order valence-electron chi connectivity index (χ2n) is 5.00. The Bertz CT molecular complexity index is 172. The smallest absolute Gasteiger partial charge is 0.0141 e. The van der Waals surface area contributed by atoms with Crippen molar-refractivity contribution in [1.29, 1.82) is 0 Å². The number of allylic oxidation sites excluding steroid dienone is 1. The standard InChI is InChI=1S/C13H27N/c1-8-9-14-12(6)13(7,10(2)3)11(4)5/h10-11,14H,6,8-9H2,1-5,7H3. The summed E-state index contributed by atoms with van der Waals surface area (Å²) in [6, 6.07) is 0. The van der Waals surface area contributed by atoms with E-state index >= 15 is 0 Å². The third kappa shape index (κ3) is 2.76. The van der Waals surface area contributed by atoms with Crippen molar-refractivity contribution in [2.45, 2.75) is 48.0 Å². The highest BCUT2D eigenvalue weighted by Gasteiger charge is 2.34. The van der Waals surface area contributed by atoms with Gasteiger partial charge in [0, 0.05) is 17.7 Å². The van der Waals surface area contributed by atoms with Crippen LogP contribution in [0.2, 0.25) is 0 Å². The molecule has 0 fully saturated rings. The van der Waals surface area contributed by atoms with Gasteiger partial charge in [0.25, 0.3) is 0 Å². The van der Waals surface area contributed by atoms with Gasteiger partial charge in [-0.2, -0.15) is 0 Å². The molecule has 84 valence electrons. The minimum Gasteiger partial charge on any atom is -0.388 e. The summed E-state index contributed by atoms with van der Waals surface area (Å²) in [4.78, 5) is 0. The molecule has 0 saturated heterocycles.